The maximum Gasteiger partial charge on any atom is 0.129 e. The second-order valence-electron chi connectivity index (χ2n) is 3.03. The van der Waals surface area contributed by atoms with Crippen LogP contribution in [0, 0.1) is 11.3 Å². The molecule has 0 aliphatic heterocycles. The lowest BCUT2D eigenvalue weighted by molar-refractivity contribution is -0.118. The number of ketones is 1. The SMILES string of the molecule is CC(=O)CCC(C)(O)CC#N. The van der Waals surface area contributed by atoms with E-state index < -0.39 is 5.60 Å². The van der Waals surface area contributed by atoms with E-state index in [4.69, 9.17) is 5.26 Å². The summed E-state index contributed by atoms with van der Waals surface area (Å²) in [6.07, 6.45) is 0.796. The molecule has 0 rings (SSSR count). The molecule has 0 fully saturated rings. The van der Waals surface area contributed by atoms with Crippen LogP contribution < -0.4 is 0 Å². The molecule has 1 unspecified atom stereocenters. The highest BCUT2D eigenvalue weighted by Crippen LogP contribution is 2.15. The van der Waals surface area contributed by atoms with Crippen molar-refractivity contribution < 1.29 is 9.90 Å². The van der Waals surface area contributed by atoms with Crippen molar-refractivity contribution in [3.63, 3.8) is 0 Å². The van der Waals surface area contributed by atoms with E-state index in [1.54, 1.807) is 6.92 Å². The Bertz CT molecular complexity index is 179. The van der Waals surface area contributed by atoms with Crippen molar-refractivity contribution in [3.05, 3.63) is 0 Å². The van der Waals surface area contributed by atoms with Gasteiger partial charge in [-0.3, -0.25) is 0 Å². The highest BCUT2D eigenvalue weighted by Gasteiger charge is 2.19. The fourth-order valence-electron chi connectivity index (χ4n) is 0.704. The molecule has 0 amide bonds. The zero-order valence-electron chi connectivity index (χ0n) is 6.92. The fourth-order valence-corrected chi connectivity index (χ4v) is 0.704. The Hall–Kier alpha value is -0.880. The number of hydrogen-bond acceptors (Lipinski definition) is 3. The number of aliphatic hydroxyl groups is 1. The number of carbonyl (C=O) groups is 1. The quantitative estimate of drug-likeness (QED) is 0.659. The highest BCUT2D eigenvalue weighted by molar-refractivity contribution is 5.75. The molecule has 0 saturated heterocycles. The van der Waals surface area contributed by atoms with Crippen molar-refractivity contribution in [3.8, 4) is 6.07 Å². The molecule has 0 aromatic carbocycles. The summed E-state index contributed by atoms with van der Waals surface area (Å²) < 4.78 is 0. The van der Waals surface area contributed by atoms with Gasteiger partial charge < -0.3 is 9.90 Å². The number of nitrogens with zero attached hydrogens (tertiary/aromatic N) is 1. The van der Waals surface area contributed by atoms with E-state index in [-0.39, 0.29) is 12.2 Å². The molecule has 0 spiro atoms. The smallest absolute Gasteiger partial charge is 0.129 e. The number of nitriles is 1. The van der Waals surface area contributed by atoms with E-state index in [0.717, 1.165) is 0 Å². The van der Waals surface area contributed by atoms with Crippen molar-refractivity contribution >= 4 is 5.78 Å². The zero-order chi connectivity index (χ0) is 8.91. The summed E-state index contributed by atoms with van der Waals surface area (Å²) in [5.41, 5.74) is -1.000. The Morgan fingerprint density at radius 2 is 2.27 bits per heavy atom. The predicted molar refractivity (Wildman–Crippen MR) is 40.8 cm³/mol. The van der Waals surface area contributed by atoms with Crippen LogP contribution >= 0.6 is 0 Å². The van der Waals surface area contributed by atoms with Gasteiger partial charge >= 0.3 is 0 Å². The Balaban J connectivity index is 3.74. The van der Waals surface area contributed by atoms with Gasteiger partial charge in [-0.25, -0.2) is 0 Å². The Labute approximate surface area is 66.6 Å². The van der Waals surface area contributed by atoms with Crippen molar-refractivity contribution in [2.75, 3.05) is 0 Å². The highest BCUT2D eigenvalue weighted by atomic mass is 16.3. The largest absolute Gasteiger partial charge is 0.389 e. The number of Topliss-reactive ketones (excluding diaryl/α,β-unsaturated/α-hetero) is 1. The van der Waals surface area contributed by atoms with Crippen LogP contribution in [0.4, 0.5) is 0 Å². The molecule has 11 heavy (non-hydrogen) atoms. The van der Waals surface area contributed by atoms with Crippen LogP contribution in [0.3, 0.4) is 0 Å². The molecule has 62 valence electrons. The Kier molecular flexibility index (Phi) is 3.77. The molecule has 0 heterocycles. The summed E-state index contributed by atoms with van der Waals surface area (Å²) >= 11 is 0. The minimum absolute atomic E-state index is 0.0446. The molecule has 0 saturated carbocycles. The molecule has 0 aromatic heterocycles. The van der Waals surface area contributed by atoms with E-state index in [2.05, 4.69) is 0 Å². The minimum atomic E-state index is -1.000. The van der Waals surface area contributed by atoms with Gasteiger partial charge in [0, 0.05) is 6.42 Å². The van der Waals surface area contributed by atoms with Crippen LogP contribution in [0.5, 0.6) is 0 Å². The molecule has 0 aromatic rings. The van der Waals surface area contributed by atoms with Crippen LogP contribution in [-0.2, 0) is 4.79 Å². The molecular formula is C8H13NO2. The van der Waals surface area contributed by atoms with Crippen LogP contribution in [-0.4, -0.2) is 16.5 Å². The van der Waals surface area contributed by atoms with Crippen LogP contribution in [0.15, 0.2) is 0 Å². The molecule has 1 N–H and O–H groups in total. The first-order valence-electron chi connectivity index (χ1n) is 3.57. The first-order chi connectivity index (χ1) is 4.98. The summed E-state index contributed by atoms with van der Waals surface area (Å²) in [6.45, 7) is 3.04. The normalized spacial score (nSPS) is 15.1. The van der Waals surface area contributed by atoms with E-state index in [1.165, 1.54) is 6.92 Å². The second-order valence-corrected chi connectivity index (χ2v) is 3.03. The summed E-state index contributed by atoms with van der Waals surface area (Å²) in [7, 11) is 0. The summed E-state index contributed by atoms with van der Waals surface area (Å²) in [5, 5.41) is 17.7. The topological polar surface area (TPSA) is 61.1 Å². The molecule has 1 atom stereocenters. The third kappa shape index (κ3) is 5.56. The fraction of sp³-hybridized carbons (Fsp3) is 0.750. The van der Waals surface area contributed by atoms with Gasteiger partial charge in [-0.05, 0) is 20.3 Å². The minimum Gasteiger partial charge on any atom is -0.389 e. The number of rotatable bonds is 4. The number of hydrogen-bond donors (Lipinski definition) is 1. The van der Waals surface area contributed by atoms with Gasteiger partial charge in [-0.1, -0.05) is 0 Å². The summed E-state index contributed by atoms with van der Waals surface area (Å²) in [4.78, 5) is 10.5. The molecule has 3 heteroatoms. The molecule has 0 aliphatic rings. The first kappa shape index (κ1) is 10.1. The first-order valence-corrected chi connectivity index (χ1v) is 3.57. The molecular weight excluding hydrogens is 142 g/mol. The van der Waals surface area contributed by atoms with E-state index >= 15 is 0 Å². The molecule has 0 radical (unpaired) electrons. The molecule has 3 nitrogen and oxygen atoms in total. The standard InChI is InChI=1S/C8H13NO2/c1-7(10)3-4-8(2,11)5-6-9/h11H,3-5H2,1-2H3. The zero-order valence-corrected chi connectivity index (χ0v) is 6.92. The van der Waals surface area contributed by atoms with Gasteiger partial charge in [-0.2, -0.15) is 5.26 Å². The van der Waals surface area contributed by atoms with Crippen molar-refractivity contribution in [1.82, 2.24) is 0 Å². The third-order valence-corrected chi connectivity index (χ3v) is 1.48. The average molecular weight is 155 g/mol. The van der Waals surface area contributed by atoms with Crippen LogP contribution in [0.2, 0.25) is 0 Å². The van der Waals surface area contributed by atoms with E-state index in [1.807, 2.05) is 6.07 Å². The lowest BCUT2D eigenvalue weighted by Gasteiger charge is -2.18. The third-order valence-electron chi connectivity index (χ3n) is 1.48. The van der Waals surface area contributed by atoms with Crippen LogP contribution in [0.1, 0.15) is 33.1 Å². The van der Waals surface area contributed by atoms with E-state index in [9.17, 15) is 9.90 Å². The molecule has 0 aliphatic carbocycles. The van der Waals surface area contributed by atoms with E-state index in [0.29, 0.717) is 12.8 Å². The summed E-state index contributed by atoms with van der Waals surface area (Å²) in [6, 6.07) is 1.87. The lowest BCUT2D eigenvalue weighted by atomic mass is 9.96. The maximum absolute atomic E-state index is 10.5. The van der Waals surface area contributed by atoms with Gasteiger partial charge in [0.05, 0.1) is 18.1 Å². The molecule has 0 bridgehead atoms. The van der Waals surface area contributed by atoms with Crippen molar-refractivity contribution in [2.45, 2.75) is 38.7 Å². The van der Waals surface area contributed by atoms with Gasteiger partial charge in [-0.15, -0.1) is 0 Å². The Morgan fingerprint density at radius 3 is 2.64 bits per heavy atom. The van der Waals surface area contributed by atoms with Crippen LogP contribution in [0.25, 0.3) is 0 Å². The average Bonchev–Trinajstić information content (AvgIpc) is 1.84. The van der Waals surface area contributed by atoms with Gasteiger partial charge in [0.15, 0.2) is 0 Å². The Morgan fingerprint density at radius 1 is 1.73 bits per heavy atom. The van der Waals surface area contributed by atoms with Crippen molar-refractivity contribution in [2.24, 2.45) is 0 Å². The monoisotopic (exact) mass is 155 g/mol. The van der Waals surface area contributed by atoms with Gasteiger partial charge in [0.25, 0.3) is 0 Å². The summed E-state index contributed by atoms with van der Waals surface area (Å²) in [5.74, 6) is 0.0446. The second kappa shape index (κ2) is 4.09. The van der Waals surface area contributed by atoms with Gasteiger partial charge in [0.1, 0.15) is 5.78 Å². The van der Waals surface area contributed by atoms with Gasteiger partial charge in [0.2, 0.25) is 0 Å². The lowest BCUT2D eigenvalue weighted by Crippen LogP contribution is -2.23. The maximum atomic E-state index is 10.5. The predicted octanol–water partition coefficient (Wildman–Crippen LogP) is 1.02. The number of carbonyl (C=O) groups excluding carboxylic acids is 1. The van der Waals surface area contributed by atoms with Crippen molar-refractivity contribution in [1.29, 1.82) is 5.26 Å².